The summed E-state index contributed by atoms with van der Waals surface area (Å²) in [6.45, 7) is 3.17. The van der Waals surface area contributed by atoms with Crippen LogP contribution in [0.1, 0.15) is 43.5 Å². The van der Waals surface area contributed by atoms with Gasteiger partial charge in [-0.1, -0.05) is 12.5 Å². The predicted octanol–water partition coefficient (Wildman–Crippen LogP) is 3.01. The van der Waals surface area contributed by atoms with Crippen LogP contribution in [0.2, 0.25) is 0 Å². The lowest BCUT2D eigenvalue weighted by Crippen LogP contribution is -2.72. The molecule has 2 saturated carbocycles. The summed E-state index contributed by atoms with van der Waals surface area (Å²) in [5.74, 6) is 1.32. The number of carbonyl (C=O) groups excluding carboxylic acids is 1. The number of guanidine groups is 1. The molecule has 156 valence electrons. The monoisotopic (exact) mass is 518 g/mol. The average Bonchev–Trinajstić information content (AvgIpc) is 3.26. The number of hydrogen-bond donors (Lipinski definition) is 2. The third-order valence-electron chi connectivity index (χ3n) is 6.52. The molecule has 0 aromatic carbocycles. The molecule has 0 bridgehead atoms. The van der Waals surface area contributed by atoms with Gasteiger partial charge in [-0.15, -0.1) is 35.3 Å². The summed E-state index contributed by atoms with van der Waals surface area (Å²) in [7, 11) is 3.53. The van der Waals surface area contributed by atoms with E-state index in [-0.39, 0.29) is 47.9 Å². The molecule has 4 unspecified atom stereocenters. The van der Waals surface area contributed by atoms with Crippen molar-refractivity contribution in [3.8, 4) is 0 Å². The quantitative estimate of drug-likeness (QED) is 0.358. The number of amides is 1. The van der Waals surface area contributed by atoms with Crippen molar-refractivity contribution in [1.82, 2.24) is 15.5 Å². The fourth-order valence-corrected chi connectivity index (χ4v) is 5.57. The SMILES string of the molecule is CC(NC(=NCC(=O)N(C)C)NC1C2CCOC2C12CCC2)c1cccs1.I. The lowest BCUT2D eigenvalue weighted by Gasteiger charge is -2.63. The maximum Gasteiger partial charge on any atom is 0.243 e. The van der Waals surface area contributed by atoms with Crippen LogP contribution in [0.5, 0.6) is 0 Å². The number of nitrogens with zero attached hydrogens (tertiary/aromatic N) is 2. The number of thiophene rings is 1. The number of hydrogen-bond acceptors (Lipinski definition) is 4. The van der Waals surface area contributed by atoms with Gasteiger partial charge >= 0.3 is 0 Å². The second-order valence-electron chi connectivity index (χ2n) is 8.29. The molecule has 3 aliphatic rings. The van der Waals surface area contributed by atoms with Gasteiger partial charge in [-0.25, -0.2) is 4.99 Å². The number of nitrogens with one attached hydrogen (secondary N) is 2. The predicted molar refractivity (Wildman–Crippen MR) is 123 cm³/mol. The molecule has 1 aliphatic heterocycles. The summed E-state index contributed by atoms with van der Waals surface area (Å²) in [5, 5.41) is 9.30. The van der Waals surface area contributed by atoms with Crippen molar-refractivity contribution in [2.24, 2.45) is 16.3 Å². The molecule has 1 aromatic rings. The number of likely N-dealkylation sites (N-methyl/N-ethyl adjacent to an activating group) is 1. The van der Waals surface area contributed by atoms with Crippen LogP contribution in [0.15, 0.2) is 22.5 Å². The van der Waals surface area contributed by atoms with Gasteiger partial charge in [0.25, 0.3) is 0 Å². The standard InChI is InChI=1S/C20H30N4O2S.HI/c1-13(15-6-4-11-27-15)22-19(21-12-16(25)24(2)3)23-17-14-7-10-26-18(14)20(17)8-5-9-20;/h4,6,11,13-14,17-18H,5,7-10,12H2,1-3H3,(H2,21,22,23);1H. The van der Waals surface area contributed by atoms with Crippen LogP contribution in [0.3, 0.4) is 0 Å². The maximum absolute atomic E-state index is 12.1. The highest BCUT2D eigenvalue weighted by Crippen LogP contribution is 2.62. The molecule has 1 aromatic heterocycles. The molecule has 3 fully saturated rings. The Morgan fingerprint density at radius 3 is 2.86 bits per heavy atom. The Morgan fingerprint density at radius 2 is 2.25 bits per heavy atom. The normalized spacial score (nSPS) is 28.4. The van der Waals surface area contributed by atoms with Crippen molar-refractivity contribution in [1.29, 1.82) is 0 Å². The van der Waals surface area contributed by atoms with Gasteiger partial charge in [0.1, 0.15) is 6.54 Å². The van der Waals surface area contributed by atoms with Crippen LogP contribution >= 0.6 is 35.3 Å². The molecule has 8 heteroatoms. The summed E-state index contributed by atoms with van der Waals surface area (Å²) in [6, 6.07) is 4.74. The topological polar surface area (TPSA) is 66.0 Å². The zero-order valence-electron chi connectivity index (χ0n) is 16.8. The molecule has 28 heavy (non-hydrogen) atoms. The van der Waals surface area contributed by atoms with Crippen molar-refractivity contribution in [3.05, 3.63) is 22.4 Å². The number of carbonyl (C=O) groups is 1. The second-order valence-corrected chi connectivity index (χ2v) is 9.27. The van der Waals surface area contributed by atoms with Crippen molar-refractivity contribution >= 4 is 47.2 Å². The summed E-state index contributed by atoms with van der Waals surface area (Å²) >= 11 is 1.73. The first kappa shape index (κ1) is 21.8. The second kappa shape index (κ2) is 8.87. The molecule has 2 aliphatic carbocycles. The van der Waals surface area contributed by atoms with Crippen LogP contribution in [-0.4, -0.2) is 56.2 Å². The number of rotatable bonds is 5. The fraction of sp³-hybridized carbons (Fsp3) is 0.700. The van der Waals surface area contributed by atoms with Crippen molar-refractivity contribution in [2.45, 2.75) is 50.8 Å². The lowest BCUT2D eigenvalue weighted by atomic mass is 9.46. The molecule has 4 rings (SSSR count). The molecule has 4 atom stereocenters. The molecule has 2 N–H and O–H groups in total. The van der Waals surface area contributed by atoms with Gasteiger partial charge in [-0.05, 0) is 37.6 Å². The van der Waals surface area contributed by atoms with Crippen LogP contribution in [0, 0.1) is 11.3 Å². The van der Waals surface area contributed by atoms with E-state index in [9.17, 15) is 4.79 Å². The van der Waals surface area contributed by atoms with E-state index in [4.69, 9.17) is 4.74 Å². The van der Waals surface area contributed by atoms with Gasteiger partial charge < -0.3 is 20.3 Å². The van der Waals surface area contributed by atoms with Crippen LogP contribution < -0.4 is 10.6 Å². The highest BCUT2D eigenvalue weighted by Gasteiger charge is 2.66. The Hall–Kier alpha value is -0.870. The van der Waals surface area contributed by atoms with E-state index in [1.54, 1.807) is 30.3 Å². The molecular weight excluding hydrogens is 487 g/mol. The molecule has 1 amide bonds. The summed E-state index contributed by atoms with van der Waals surface area (Å²) < 4.78 is 6.03. The van der Waals surface area contributed by atoms with E-state index >= 15 is 0 Å². The van der Waals surface area contributed by atoms with Gasteiger partial charge in [0.2, 0.25) is 5.91 Å². The number of fused-ring (bicyclic) bond motifs is 2. The summed E-state index contributed by atoms with van der Waals surface area (Å²) in [4.78, 5) is 19.5. The molecule has 2 heterocycles. The number of halogens is 1. The van der Waals surface area contributed by atoms with E-state index < -0.39 is 0 Å². The highest BCUT2D eigenvalue weighted by atomic mass is 127. The molecule has 1 saturated heterocycles. The Labute approximate surface area is 188 Å². The van der Waals surface area contributed by atoms with Gasteiger partial charge in [0, 0.05) is 43.0 Å². The minimum absolute atomic E-state index is 0. The zero-order chi connectivity index (χ0) is 19.0. The van der Waals surface area contributed by atoms with Crippen LogP contribution in [-0.2, 0) is 9.53 Å². The van der Waals surface area contributed by atoms with Crippen molar-refractivity contribution < 1.29 is 9.53 Å². The highest BCUT2D eigenvalue weighted by molar-refractivity contribution is 14.0. The third-order valence-corrected chi connectivity index (χ3v) is 7.58. The smallest absolute Gasteiger partial charge is 0.243 e. The van der Waals surface area contributed by atoms with E-state index in [1.807, 2.05) is 0 Å². The molecular formula is C20H31IN4O2S. The van der Waals surface area contributed by atoms with E-state index in [1.165, 1.54) is 24.1 Å². The van der Waals surface area contributed by atoms with E-state index in [0.717, 1.165) is 19.0 Å². The van der Waals surface area contributed by atoms with Gasteiger partial charge in [-0.3, -0.25) is 4.79 Å². The summed E-state index contributed by atoms with van der Waals surface area (Å²) in [5.41, 5.74) is 0.279. The van der Waals surface area contributed by atoms with Gasteiger partial charge in [0.15, 0.2) is 5.96 Å². The van der Waals surface area contributed by atoms with Crippen LogP contribution in [0.4, 0.5) is 0 Å². The zero-order valence-corrected chi connectivity index (χ0v) is 20.0. The molecule has 6 nitrogen and oxygen atoms in total. The minimum atomic E-state index is 0. The maximum atomic E-state index is 12.1. The van der Waals surface area contributed by atoms with E-state index in [2.05, 4.69) is 40.1 Å². The minimum Gasteiger partial charge on any atom is -0.377 e. The first-order chi connectivity index (χ1) is 13.0. The average molecular weight is 518 g/mol. The largest absolute Gasteiger partial charge is 0.377 e. The Bertz CT molecular complexity index is 705. The fourth-order valence-electron chi connectivity index (χ4n) is 4.84. The Balaban J connectivity index is 0.00000225. The van der Waals surface area contributed by atoms with Gasteiger partial charge in [-0.2, -0.15) is 0 Å². The lowest BCUT2D eigenvalue weighted by molar-refractivity contribution is -0.171. The Morgan fingerprint density at radius 1 is 1.46 bits per heavy atom. The number of ether oxygens (including phenoxy) is 1. The summed E-state index contributed by atoms with van der Waals surface area (Å²) in [6.07, 6.45) is 5.29. The first-order valence-corrected chi connectivity index (χ1v) is 10.8. The number of aliphatic imine (C=N–C) groups is 1. The molecule has 0 radical (unpaired) electrons. The first-order valence-electron chi connectivity index (χ1n) is 9.94. The van der Waals surface area contributed by atoms with Crippen LogP contribution in [0.25, 0.3) is 0 Å². The Kier molecular flexibility index (Phi) is 6.92. The molecule has 1 spiro atoms. The van der Waals surface area contributed by atoms with Gasteiger partial charge in [0.05, 0.1) is 12.1 Å². The third kappa shape index (κ3) is 3.92. The van der Waals surface area contributed by atoms with Crippen molar-refractivity contribution in [3.63, 3.8) is 0 Å². The van der Waals surface area contributed by atoms with E-state index in [0.29, 0.717) is 18.1 Å². The van der Waals surface area contributed by atoms with Crippen molar-refractivity contribution in [2.75, 3.05) is 27.2 Å².